The van der Waals surface area contributed by atoms with E-state index in [0.29, 0.717) is 5.56 Å². The number of para-hydroxylation sites is 2. The van der Waals surface area contributed by atoms with Crippen LogP contribution in [0, 0.1) is 0 Å². The van der Waals surface area contributed by atoms with E-state index in [1.807, 2.05) is 25.1 Å². The van der Waals surface area contributed by atoms with Gasteiger partial charge in [0, 0.05) is 18.7 Å². The molecule has 28 heavy (non-hydrogen) atoms. The minimum atomic E-state index is -0.244. The van der Waals surface area contributed by atoms with Gasteiger partial charge < -0.3 is 15.0 Å². The summed E-state index contributed by atoms with van der Waals surface area (Å²) in [6, 6.07) is 15.1. The van der Waals surface area contributed by atoms with Gasteiger partial charge in [-0.15, -0.1) is 0 Å². The third-order valence-electron chi connectivity index (χ3n) is 4.85. The van der Waals surface area contributed by atoms with Crippen molar-refractivity contribution in [3.8, 4) is 5.75 Å². The third kappa shape index (κ3) is 5.23. The summed E-state index contributed by atoms with van der Waals surface area (Å²) in [6.07, 6.45) is 3.48. The molecule has 0 bridgehead atoms. The topological polar surface area (TPSA) is 53.6 Å². The summed E-state index contributed by atoms with van der Waals surface area (Å²) in [5.41, 5.74) is 2.56. The molecule has 0 radical (unpaired) electrons. The van der Waals surface area contributed by atoms with Crippen LogP contribution in [0.25, 0.3) is 0 Å². The minimum absolute atomic E-state index is 0.145. The highest BCUT2D eigenvalue weighted by atomic mass is 32.1. The lowest BCUT2D eigenvalue weighted by atomic mass is 10.2. The summed E-state index contributed by atoms with van der Waals surface area (Å²) >= 11 is 5.36. The Morgan fingerprint density at radius 2 is 1.82 bits per heavy atom. The number of thiocarbonyl (C=S) groups is 1. The molecule has 1 aliphatic heterocycles. The van der Waals surface area contributed by atoms with Gasteiger partial charge in [-0.2, -0.15) is 0 Å². The largest absolute Gasteiger partial charge is 0.491 e. The van der Waals surface area contributed by atoms with Gasteiger partial charge in [0.05, 0.1) is 17.5 Å². The molecule has 1 aliphatic rings. The molecular weight excluding hydrogens is 370 g/mol. The SMILES string of the molecule is CC[C@@H](C)Oc1ccc(C(=O)NC(=S)Nc2ccccc2N2CCCC2)cc1. The number of carbonyl (C=O) groups is 1. The van der Waals surface area contributed by atoms with Crippen LogP contribution in [0.5, 0.6) is 5.75 Å². The average molecular weight is 398 g/mol. The summed E-state index contributed by atoms with van der Waals surface area (Å²) in [5, 5.41) is 6.21. The minimum Gasteiger partial charge on any atom is -0.491 e. The fourth-order valence-corrected chi connectivity index (χ4v) is 3.35. The quantitative estimate of drug-likeness (QED) is 0.698. The number of benzene rings is 2. The van der Waals surface area contributed by atoms with E-state index in [4.69, 9.17) is 17.0 Å². The molecule has 1 heterocycles. The zero-order valence-electron chi connectivity index (χ0n) is 16.4. The zero-order valence-corrected chi connectivity index (χ0v) is 17.2. The number of hydrogen-bond donors (Lipinski definition) is 2. The molecule has 0 saturated carbocycles. The van der Waals surface area contributed by atoms with E-state index in [2.05, 4.69) is 28.5 Å². The molecule has 3 rings (SSSR count). The number of anilines is 2. The van der Waals surface area contributed by atoms with Crippen LogP contribution in [0.3, 0.4) is 0 Å². The molecule has 0 spiro atoms. The van der Waals surface area contributed by atoms with Crippen LogP contribution in [0.1, 0.15) is 43.5 Å². The van der Waals surface area contributed by atoms with E-state index < -0.39 is 0 Å². The highest BCUT2D eigenvalue weighted by Crippen LogP contribution is 2.28. The van der Waals surface area contributed by atoms with Gasteiger partial charge in [0.1, 0.15) is 5.75 Å². The van der Waals surface area contributed by atoms with Crippen LogP contribution >= 0.6 is 12.2 Å². The van der Waals surface area contributed by atoms with Crippen molar-refractivity contribution in [2.75, 3.05) is 23.3 Å². The van der Waals surface area contributed by atoms with E-state index >= 15 is 0 Å². The predicted molar refractivity (Wildman–Crippen MR) is 118 cm³/mol. The normalized spacial score (nSPS) is 14.4. The Balaban J connectivity index is 1.60. The Kier molecular flexibility index (Phi) is 6.87. The molecule has 2 N–H and O–H groups in total. The average Bonchev–Trinajstić information content (AvgIpc) is 3.23. The highest BCUT2D eigenvalue weighted by Gasteiger charge is 2.16. The van der Waals surface area contributed by atoms with E-state index in [0.717, 1.165) is 36.6 Å². The first-order valence-electron chi connectivity index (χ1n) is 9.80. The maximum Gasteiger partial charge on any atom is 0.257 e. The maximum atomic E-state index is 12.5. The Labute approximate surface area is 172 Å². The highest BCUT2D eigenvalue weighted by molar-refractivity contribution is 7.80. The van der Waals surface area contributed by atoms with Crippen molar-refractivity contribution >= 4 is 34.6 Å². The molecule has 0 aromatic heterocycles. The molecule has 1 amide bonds. The number of hydrogen-bond acceptors (Lipinski definition) is 4. The molecule has 2 aromatic carbocycles. The van der Waals surface area contributed by atoms with Crippen molar-refractivity contribution in [2.45, 2.75) is 39.2 Å². The van der Waals surface area contributed by atoms with Gasteiger partial charge in [-0.3, -0.25) is 10.1 Å². The lowest BCUT2D eigenvalue weighted by Gasteiger charge is -2.22. The molecule has 148 valence electrons. The number of nitrogens with one attached hydrogen (secondary N) is 2. The van der Waals surface area contributed by atoms with Gasteiger partial charge in [0.25, 0.3) is 5.91 Å². The third-order valence-corrected chi connectivity index (χ3v) is 5.06. The number of amides is 1. The van der Waals surface area contributed by atoms with E-state index in [1.54, 1.807) is 24.3 Å². The maximum absolute atomic E-state index is 12.5. The lowest BCUT2D eigenvalue weighted by molar-refractivity contribution is 0.0977. The Morgan fingerprint density at radius 3 is 2.50 bits per heavy atom. The van der Waals surface area contributed by atoms with Crippen LogP contribution in [0.15, 0.2) is 48.5 Å². The molecule has 0 unspecified atom stereocenters. The summed E-state index contributed by atoms with van der Waals surface area (Å²) in [5.74, 6) is 0.511. The second kappa shape index (κ2) is 9.55. The lowest BCUT2D eigenvalue weighted by Crippen LogP contribution is -2.34. The Hall–Kier alpha value is -2.60. The second-order valence-electron chi connectivity index (χ2n) is 6.98. The van der Waals surface area contributed by atoms with Gasteiger partial charge in [0.15, 0.2) is 5.11 Å². The first kappa shape index (κ1) is 20.1. The van der Waals surface area contributed by atoms with Crippen molar-refractivity contribution in [3.05, 3.63) is 54.1 Å². The van der Waals surface area contributed by atoms with Crippen LogP contribution < -0.4 is 20.3 Å². The van der Waals surface area contributed by atoms with Crippen molar-refractivity contribution in [3.63, 3.8) is 0 Å². The van der Waals surface area contributed by atoms with Gasteiger partial charge >= 0.3 is 0 Å². The van der Waals surface area contributed by atoms with Gasteiger partial charge in [0.2, 0.25) is 0 Å². The van der Waals surface area contributed by atoms with Gasteiger partial charge in [-0.1, -0.05) is 19.1 Å². The van der Waals surface area contributed by atoms with Crippen molar-refractivity contribution in [1.29, 1.82) is 0 Å². The zero-order chi connectivity index (χ0) is 19.9. The fourth-order valence-electron chi connectivity index (χ4n) is 3.14. The van der Waals surface area contributed by atoms with Gasteiger partial charge in [-0.25, -0.2) is 0 Å². The van der Waals surface area contributed by atoms with Crippen LogP contribution in [0.4, 0.5) is 11.4 Å². The summed E-state index contributed by atoms with van der Waals surface area (Å²) < 4.78 is 5.75. The number of rotatable bonds is 6. The van der Waals surface area contributed by atoms with E-state index in [9.17, 15) is 4.79 Å². The van der Waals surface area contributed by atoms with Crippen molar-refractivity contribution < 1.29 is 9.53 Å². The molecule has 0 aliphatic carbocycles. The van der Waals surface area contributed by atoms with Crippen LogP contribution in [-0.2, 0) is 0 Å². The summed E-state index contributed by atoms with van der Waals surface area (Å²) in [7, 11) is 0. The number of ether oxygens (including phenoxy) is 1. The standard InChI is InChI=1S/C22H27N3O2S/c1-3-16(2)27-18-12-10-17(11-13-18)21(26)24-22(28)23-19-8-4-5-9-20(19)25-14-6-7-15-25/h4-5,8-13,16H,3,6-7,14-15H2,1-2H3,(H2,23,24,26,28)/t16-/m1/s1. The fraction of sp³-hybridized carbons (Fsp3) is 0.364. The molecule has 1 atom stereocenters. The second-order valence-corrected chi connectivity index (χ2v) is 7.39. The molecule has 1 fully saturated rings. The van der Waals surface area contributed by atoms with Gasteiger partial charge in [-0.05, 0) is 74.8 Å². The van der Waals surface area contributed by atoms with E-state index in [-0.39, 0.29) is 17.1 Å². The first-order valence-corrected chi connectivity index (χ1v) is 10.2. The smallest absolute Gasteiger partial charge is 0.257 e. The summed E-state index contributed by atoms with van der Waals surface area (Å²) in [6.45, 7) is 6.18. The molecular formula is C22H27N3O2S. The first-order chi connectivity index (χ1) is 13.6. The Bertz CT molecular complexity index is 817. The predicted octanol–water partition coefficient (Wildman–Crippen LogP) is 4.59. The van der Waals surface area contributed by atoms with Crippen LogP contribution in [-0.4, -0.2) is 30.2 Å². The molecule has 6 heteroatoms. The Morgan fingerprint density at radius 1 is 1.14 bits per heavy atom. The van der Waals surface area contributed by atoms with Crippen LogP contribution in [0.2, 0.25) is 0 Å². The number of carbonyl (C=O) groups excluding carboxylic acids is 1. The monoisotopic (exact) mass is 397 g/mol. The van der Waals surface area contributed by atoms with Crippen molar-refractivity contribution in [2.24, 2.45) is 0 Å². The summed E-state index contributed by atoms with van der Waals surface area (Å²) in [4.78, 5) is 14.8. The number of nitrogens with zero attached hydrogens (tertiary/aromatic N) is 1. The molecule has 5 nitrogen and oxygen atoms in total. The van der Waals surface area contributed by atoms with Crippen molar-refractivity contribution in [1.82, 2.24) is 5.32 Å². The van der Waals surface area contributed by atoms with E-state index in [1.165, 1.54) is 12.8 Å². The molecule has 2 aromatic rings. The molecule has 1 saturated heterocycles.